The highest BCUT2D eigenvalue weighted by molar-refractivity contribution is 7.99. The Kier molecular flexibility index (Phi) is 15.0. The van der Waals surface area contributed by atoms with Crippen molar-refractivity contribution in [1.82, 2.24) is 14.5 Å². The molecule has 17 heteroatoms. The zero-order chi connectivity index (χ0) is 45.6. The van der Waals surface area contributed by atoms with Gasteiger partial charge < -0.3 is 10.2 Å². The molecule has 5 aromatic carbocycles. The highest BCUT2D eigenvalue weighted by Gasteiger charge is 2.48. The topological polar surface area (TPSA) is 119 Å². The summed E-state index contributed by atoms with van der Waals surface area (Å²) in [7, 11) is -10.9. The molecule has 0 radical (unpaired) electrons. The summed E-state index contributed by atoms with van der Waals surface area (Å²) in [4.78, 5) is 19.0. The van der Waals surface area contributed by atoms with Crippen LogP contribution in [0.1, 0.15) is 49.0 Å². The minimum atomic E-state index is -6.05. The SMILES string of the molecule is CC1CCC(C)N1CC[C@H](CSc1ccccc1)Nc1ccc(S(=O)(=O)NC(=O)c2ccc(N3CCN(Cc4ccccc4-c4ccc(Cl)cc4)CC3)cc2)cc1S(=O)(=O)C(F)(F)F. The Labute approximate surface area is 383 Å². The molecule has 0 bridgehead atoms. The van der Waals surface area contributed by atoms with E-state index >= 15 is 0 Å². The Bertz CT molecular complexity index is 2610. The molecule has 0 spiro atoms. The number of halogens is 4. The van der Waals surface area contributed by atoms with E-state index in [4.69, 9.17) is 11.6 Å². The number of hydrogen-bond donors (Lipinski definition) is 2. The maximum atomic E-state index is 14.2. The van der Waals surface area contributed by atoms with Crippen LogP contribution >= 0.6 is 23.4 Å². The number of alkyl halides is 3. The van der Waals surface area contributed by atoms with Gasteiger partial charge in [0.15, 0.2) is 0 Å². The number of benzene rings is 5. The number of carbonyl (C=O) groups is 1. The molecule has 0 saturated carbocycles. The Balaban J connectivity index is 1.02. The van der Waals surface area contributed by atoms with Gasteiger partial charge in [-0.2, -0.15) is 13.2 Å². The van der Waals surface area contributed by atoms with E-state index in [1.54, 1.807) is 12.1 Å². The quantitative estimate of drug-likeness (QED) is 0.0927. The smallest absolute Gasteiger partial charge is 0.380 e. The van der Waals surface area contributed by atoms with Crippen LogP contribution in [-0.4, -0.2) is 94.7 Å². The van der Waals surface area contributed by atoms with Gasteiger partial charge in [-0.1, -0.05) is 66.2 Å². The number of sulfone groups is 1. The number of thioether (sulfide) groups is 1. The standard InChI is InChI=1S/C47H51ClF3N5O5S3/c1-33-12-13-34(2)56(33)25-24-39(32-62-41-9-4-3-5-10-41)52-44-23-22-42(30-45(44)63(58,59)47(49,50)51)64(60,61)53-46(57)36-16-20-40(21-17-36)55-28-26-54(27-29-55)31-37-8-6-7-11-43(37)35-14-18-38(48)19-15-35/h3-11,14-23,30,33-34,39,52H,12-13,24-29,31-32H2,1-2H3,(H,53,57)/t33?,34?,39-/m1/s1. The summed E-state index contributed by atoms with van der Waals surface area (Å²) in [6.07, 6.45) is 2.52. The molecule has 2 heterocycles. The van der Waals surface area contributed by atoms with Crippen LogP contribution in [0.25, 0.3) is 11.1 Å². The Hall–Kier alpha value is -4.58. The maximum Gasteiger partial charge on any atom is 0.501 e. The highest BCUT2D eigenvalue weighted by Crippen LogP contribution is 2.37. The number of anilines is 2. The molecular weight excluding hydrogens is 903 g/mol. The van der Waals surface area contributed by atoms with Crippen LogP contribution in [-0.2, 0) is 26.4 Å². The fraction of sp³-hybridized carbons (Fsp3) is 0.340. The number of carbonyl (C=O) groups excluding carboxylic acids is 1. The molecule has 2 aliphatic heterocycles. The van der Waals surface area contributed by atoms with Gasteiger partial charge in [0.1, 0.15) is 4.90 Å². The Morgan fingerprint density at radius 1 is 0.812 bits per heavy atom. The third-order valence-corrected chi connectivity index (χ3v) is 16.2. The molecule has 64 heavy (non-hydrogen) atoms. The van der Waals surface area contributed by atoms with Gasteiger partial charge in [-0.3, -0.25) is 14.6 Å². The minimum Gasteiger partial charge on any atom is -0.380 e. The molecule has 2 saturated heterocycles. The van der Waals surface area contributed by atoms with Gasteiger partial charge in [-0.15, -0.1) is 11.8 Å². The van der Waals surface area contributed by atoms with Crippen LogP contribution in [0.2, 0.25) is 5.02 Å². The van der Waals surface area contributed by atoms with E-state index in [1.165, 1.54) is 29.5 Å². The average Bonchev–Trinajstić information content (AvgIpc) is 3.60. The second kappa shape index (κ2) is 20.3. The molecule has 0 aromatic heterocycles. The zero-order valence-electron chi connectivity index (χ0n) is 35.5. The molecule has 2 aliphatic rings. The average molecular weight is 955 g/mol. The predicted octanol–water partition coefficient (Wildman–Crippen LogP) is 9.58. The van der Waals surface area contributed by atoms with Crippen LogP contribution in [0.3, 0.4) is 0 Å². The van der Waals surface area contributed by atoms with Gasteiger partial charge in [-0.25, -0.2) is 21.6 Å². The number of hydrogen-bond acceptors (Lipinski definition) is 10. The monoisotopic (exact) mass is 953 g/mol. The molecule has 10 nitrogen and oxygen atoms in total. The van der Waals surface area contributed by atoms with Crippen LogP contribution in [0.15, 0.2) is 136 Å². The van der Waals surface area contributed by atoms with E-state index < -0.39 is 47.1 Å². The van der Waals surface area contributed by atoms with E-state index in [-0.39, 0.29) is 11.3 Å². The van der Waals surface area contributed by atoms with E-state index in [1.807, 2.05) is 71.5 Å². The van der Waals surface area contributed by atoms with Gasteiger partial charge in [0.2, 0.25) is 0 Å². The van der Waals surface area contributed by atoms with Gasteiger partial charge in [-0.05, 0) is 117 Å². The first kappa shape index (κ1) is 47.4. The van der Waals surface area contributed by atoms with Crippen LogP contribution < -0.4 is 14.9 Å². The van der Waals surface area contributed by atoms with Crippen molar-refractivity contribution in [3.05, 3.63) is 137 Å². The van der Waals surface area contributed by atoms with Crippen molar-refractivity contribution in [2.24, 2.45) is 0 Å². The van der Waals surface area contributed by atoms with Crippen molar-refractivity contribution in [2.45, 2.75) is 78.0 Å². The van der Waals surface area contributed by atoms with Gasteiger partial charge in [0.25, 0.3) is 25.8 Å². The second-order valence-corrected chi connectivity index (χ2v) is 21.4. The largest absolute Gasteiger partial charge is 0.501 e. The molecule has 0 aliphatic carbocycles. The molecule has 1 amide bonds. The molecule has 2 fully saturated rings. The molecule has 340 valence electrons. The first-order chi connectivity index (χ1) is 30.5. The number of nitrogens with zero attached hydrogens (tertiary/aromatic N) is 3. The third-order valence-electron chi connectivity index (χ3n) is 11.9. The van der Waals surface area contributed by atoms with Gasteiger partial charge in [0.05, 0.1) is 10.6 Å². The van der Waals surface area contributed by atoms with E-state index in [2.05, 4.69) is 46.0 Å². The number of amides is 1. The van der Waals surface area contributed by atoms with Crippen molar-refractivity contribution < 1.29 is 34.8 Å². The van der Waals surface area contributed by atoms with Crippen molar-refractivity contribution in [3.63, 3.8) is 0 Å². The Morgan fingerprint density at radius 2 is 1.45 bits per heavy atom. The summed E-state index contributed by atoms with van der Waals surface area (Å²) in [5.41, 5.74) is -1.87. The minimum absolute atomic E-state index is 0.00779. The summed E-state index contributed by atoms with van der Waals surface area (Å²) in [5.74, 6) is -0.639. The normalized spacial score (nSPS) is 18.2. The lowest BCUT2D eigenvalue weighted by Gasteiger charge is -2.36. The first-order valence-electron chi connectivity index (χ1n) is 21.1. The summed E-state index contributed by atoms with van der Waals surface area (Å²) >= 11 is 7.58. The highest BCUT2D eigenvalue weighted by atomic mass is 35.5. The van der Waals surface area contributed by atoms with E-state index in [0.717, 1.165) is 66.3 Å². The summed E-state index contributed by atoms with van der Waals surface area (Å²) in [5, 5.41) is 3.71. The van der Waals surface area contributed by atoms with Gasteiger partial charge >= 0.3 is 5.51 Å². The van der Waals surface area contributed by atoms with Crippen molar-refractivity contribution in [3.8, 4) is 11.1 Å². The summed E-state index contributed by atoms with van der Waals surface area (Å²) in [6.45, 7) is 8.60. The van der Waals surface area contributed by atoms with Crippen LogP contribution in [0, 0.1) is 0 Å². The van der Waals surface area contributed by atoms with Gasteiger partial charge in [0, 0.05) is 84.3 Å². The number of nitrogens with one attached hydrogen (secondary N) is 2. The van der Waals surface area contributed by atoms with Crippen molar-refractivity contribution in [1.29, 1.82) is 0 Å². The molecular formula is C47H51ClF3N5O5S3. The maximum absolute atomic E-state index is 14.2. The Morgan fingerprint density at radius 3 is 2.11 bits per heavy atom. The first-order valence-corrected chi connectivity index (χ1v) is 25.5. The lowest BCUT2D eigenvalue weighted by atomic mass is 9.99. The molecule has 5 aromatic rings. The molecule has 3 atom stereocenters. The lowest BCUT2D eigenvalue weighted by molar-refractivity contribution is -0.0435. The lowest BCUT2D eigenvalue weighted by Crippen LogP contribution is -2.46. The number of rotatable bonds is 16. The third kappa shape index (κ3) is 11.4. The molecule has 7 rings (SSSR count). The summed E-state index contributed by atoms with van der Waals surface area (Å²) in [6, 6.07) is 34.4. The van der Waals surface area contributed by atoms with E-state index in [0.29, 0.717) is 55.0 Å². The van der Waals surface area contributed by atoms with Crippen LogP contribution in [0.5, 0.6) is 0 Å². The van der Waals surface area contributed by atoms with Crippen molar-refractivity contribution >= 4 is 60.5 Å². The van der Waals surface area contributed by atoms with Crippen molar-refractivity contribution in [2.75, 3.05) is 48.7 Å². The predicted molar refractivity (Wildman–Crippen MR) is 249 cm³/mol. The molecule has 2 unspecified atom stereocenters. The molecule has 2 N–H and O–H groups in total. The summed E-state index contributed by atoms with van der Waals surface area (Å²) < 4.78 is 97.9. The van der Waals surface area contributed by atoms with E-state index in [9.17, 15) is 34.8 Å². The fourth-order valence-electron chi connectivity index (χ4n) is 8.30. The number of piperazine rings is 1. The second-order valence-electron chi connectivity index (χ2n) is 16.3. The number of sulfonamides is 1. The number of likely N-dealkylation sites (tertiary alicyclic amines) is 1. The fourth-order valence-corrected chi connectivity index (χ4v) is 11.4. The van der Waals surface area contributed by atoms with Crippen LogP contribution in [0.4, 0.5) is 24.5 Å². The zero-order valence-corrected chi connectivity index (χ0v) is 38.7.